The lowest BCUT2D eigenvalue weighted by atomic mass is 9.86. The molecule has 7 heteroatoms. The zero-order valence-electron chi connectivity index (χ0n) is 26.8. The SMILES string of the molecule is [2H]c1c([2H])c(C2c3[nH]c4c([2H])c([2H])c([2H])c([2H])c4c3C([2H])([2H])[C@]3([2H])C(=O)N(C)C([2H])([2H])C(=O)N23)c([2H])c2c1OCO2. The third-order valence-electron chi connectivity index (χ3n) is 4.92. The summed E-state index contributed by atoms with van der Waals surface area (Å²) in [5, 5.41) is -0.423. The topological polar surface area (TPSA) is 74.9 Å². The van der Waals surface area contributed by atoms with Gasteiger partial charge in [0.2, 0.25) is 18.6 Å². The first-order valence-electron chi connectivity index (χ1n) is 14.6. The normalized spacial score (nSPS) is 34.7. The van der Waals surface area contributed by atoms with E-state index in [1.165, 1.54) is 0 Å². The lowest BCUT2D eigenvalue weighted by Crippen LogP contribution is -2.62. The molecule has 0 saturated carbocycles. The monoisotopic (exact) mass is 401 g/mol. The Hall–Kier alpha value is -3.48. The van der Waals surface area contributed by atoms with Gasteiger partial charge in [0.1, 0.15) is 6.02 Å². The standard InChI is InChI=1S/C22H19N3O4/c1-24-10-19(26)25-16(22(24)27)9-14-13-4-2-3-5-15(13)23-20(14)21(25)12-6-7-17-18(8-12)29-11-28-17/h2-8,16,21,23H,9-11H2,1H3/t16-,21?/m1/s1/i2D,3D,4D,5D,6D,7D,8D,9D2,10D2,16D. The molecule has 2 atom stereocenters. The van der Waals surface area contributed by atoms with Crippen LogP contribution in [0.25, 0.3) is 10.9 Å². The summed E-state index contributed by atoms with van der Waals surface area (Å²) in [7, 11) is 0.879. The van der Waals surface area contributed by atoms with Gasteiger partial charge in [0, 0.05) is 32.8 Å². The molecule has 7 nitrogen and oxygen atoms in total. The highest BCUT2D eigenvalue weighted by Crippen LogP contribution is 2.44. The first-order valence-corrected chi connectivity index (χ1v) is 8.57. The molecule has 1 fully saturated rings. The van der Waals surface area contributed by atoms with E-state index in [-0.39, 0.29) is 26.8 Å². The Morgan fingerprint density at radius 3 is 2.93 bits per heavy atom. The Labute approximate surface area is 183 Å². The van der Waals surface area contributed by atoms with Crippen molar-refractivity contribution in [1.29, 1.82) is 0 Å². The molecular weight excluding hydrogens is 370 g/mol. The maximum atomic E-state index is 13.8. The highest BCUT2D eigenvalue weighted by molar-refractivity contribution is 5.97. The Kier molecular flexibility index (Phi) is 1.69. The number of amides is 2. The number of fused-ring (bicyclic) bond motifs is 5. The van der Waals surface area contributed by atoms with E-state index in [0.717, 1.165) is 7.05 Å². The summed E-state index contributed by atoms with van der Waals surface area (Å²) in [6.45, 7) is -3.51. The zero-order valence-corrected chi connectivity index (χ0v) is 14.8. The number of piperazine rings is 1. The summed E-state index contributed by atoms with van der Waals surface area (Å²) in [5.74, 6) is -3.61. The van der Waals surface area contributed by atoms with Crippen LogP contribution >= 0.6 is 0 Å². The van der Waals surface area contributed by atoms with Gasteiger partial charge in [-0.2, -0.15) is 0 Å². The maximum absolute atomic E-state index is 13.8. The second-order valence-corrected chi connectivity index (χ2v) is 6.54. The minimum absolute atomic E-state index is 0.250. The minimum Gasteiger partial charge on any atom is -0.454 e. The van der Waals surface area contributed by atoms with Crippen LogP contribution in [0.5, 0.6) is 11.5 Å². The lowest BCUT2D eigenvalue weighted by Gasteiger charge is -2.46. The van der Waals surface area contributed by atoms with Crippen LogP contribution in [0.2, 0.25) is 0 Å². The van der Waals surface area contributed by atoms with E-state index >= 15 is 0 Å². The molecule has 29 heavy (non-hydrogen) atoms. The number of aromatic amines is 1. The van der Waals surface area contributed by atoms with E-state index < -0.39 is 108 Å². The van der Waals surface area contributed by atoms with Crippen molar-refractivity contribution in [3.8, 4) is 11.5 Å². The summed E-state index contributed by atoms with van der Waals surface area (Å²) in [5.41, 5.74) is -1.88. The molecule has 0 aliphatic carbocycles. The van der Waals surface area contributed by atoms with Crippen LogP contribution in [-0.2, 0) is 16.0 Å². The fourth-order valence-corrected chi connectivity index (χ4v) is 3.63. The van der Waals surface area contributed by atoms with Crippen LogP contribution in [0.15, 0.2) is 42.3 Å². The van der Waals surface area contributed by atoms with Crippen LogP contribution in [0.4, 0.5) is 0 Å². The van der Waals surface area contributed by atoms with Gasteiger partial charge in [-0.15, -0.1) is 0 Å². The Bertz CT molecular complexity index is 1760. The molecule has 3 aliphatic rings. The summed E-state index contributed by atoms with van der Waals surface area (Å²) in [4.78, 5) is 30.8. The van der Waals surface area contributed by atoms with E-state index in [0.29, 0.717) is 0 Å². The van der Waals surface area contributed by atoms with Gasteiger partial charge in [-0.05, 0) is 29.3 Å². The molecule has 0 spiro atoms. The summed E-state index contributed by atoms with van der Waals surface area (Å²) in [6.07, 6.45) is -3.22. The van der Waals surface area contributed by atoms with E-state index in [9.17, 15) is 11.0 Å². The number of aromatic nitrogens is 1. The van der Waals surface area contributed by atoms with Crippen molar-refractivity contribution >= 4 is 22.7 Å². The van der Waals surface area contributed by atoms with Gasteiger partial charge in [-0.25, -0.2) is 0 Å². The average molecular weight is 401 g/mol. The number of ether oxygens (including phenoxy) is 2. The van der Waals surface area contributed by atoms with Crippen molar-refractivity contribution in [3.05, 3.63) is 59.1 Å². The molecule has 6 rings (SSSR count). The quantitative estimate of drug-likeness (QED) is 0.678. The number of carbonyl (C=O) groups excluding carboxylic acids is 2. The second-order valence-electron chi connectivity index (χ2n) is 6.54. The molecule has 4 heterocycles. The third-order valence-corrected chi connectivity index (χ3v) is 4.92. The smallest absolute Gasteiger partial charge is 0.245 e. The van der Waals surface area contributed by atoms with E-state index in [2.05, 4.69) is 4.98 Å². The molecule has 0 radical (unpaired) electrons. The molecule has 3 aromatic rings. The Balaban J connectivity index is 1.84. The van der Waals surface area contributed by atoms with Crippen LogP contribution in [0.1, 0.15) is 39.3 Å². The van der Waals surface area contributed by atoms with Crippen molar-refractivity contribution in [2.45, 2.75) is 18.4 Å². The van der Waals surface area contributed by atoms with E-state index in [4.69, 9.17) is 24.6 Å². The number of hydrogen-bond acceptors (Lipinski definition) is 4. The summed E-state index contributed by atoms with van der Waals surface area (Å²) >= 11 is 0. The van der Waals surface area contributed by atoms with Gasteiger partial charge in [-0.3, -0.25) is 9.59 Å². The van der Waals surface area contributed by atoms with Crippen molar-refractivity contribution < 1.29 is 35.5 Å². The highest BCUT2D eigenvalue weighted by atomic mass is 16.7. The first kappa shape index (κ1) is 8.49. The Morgan fingerprint density at radius 2 is 2.03 bits per heavy atom. The molecule has 1 aromatic heterocycles. The largest absolute Gasteiger partial charge is 0.454 e. The molecule has 3 aliphatic heterocycles. The third kappa shape index (κ3) is 2.24. The van der Waals surface area contributed by atoms with Gasteiger partial charge in [0.25, 0.3) is 0 Å². The predicted octanol–water partition coefficient (Wildman–Crippen LogP) is 2.21. The van der Waals surface area contributed by atoms with Gasteiger partial charge in [0.05, 0.1) is 26.2 Å². The number of para-hydroxylation sites is 1. The Morgan fingerprint density at radius 1 is 1.21 bits per heavy atom. The molecule has 2 amide bonds. The number of rotatable bonds is 1. The molecule has 0 bridgehead atoms. The van der Waals surface area contributed by atoms with Crippen LogP contribution in [0, 0.1) is 0 Å². The number of carbonyl (C=O) groups is 2. The number of hydrogen-bond donors (Lipinski definition) is 1. The number of likely N-dealkylation sites (N-methyl/N-ethyl adjacent to an activating group) is 1. The summed E-state index contributed by atoms with van der Waals surface area (Å²) in [6, 6.07) is -9.95. The van der Waals surface area contributed by atoms with E-state index in [1.54, 1.807) is 0 Å². The van der Waals surface area contributed by atoms with Crippen LogP contribution < -0.4 is 9.47 Å². The molecule has 1 saturated heterocycles. The fraction of sp³-hybridized carbons (Fsp3) is 0.273. The predicted molar refractivity (Wildman–Crippen MR) is 105 cm³/mol. The number of H-pyrrole nitrogens is 1. The van der Waals surface area contributed by atoms with Crippen molar-refractivity contribution in [2.75, 3.05) is 20.3 Å². The van der Waals surface area contributed by atoms with E-state index in [1.807, 2.05) is 0 Å². The lowest BCUT2D eigenvalue weighted by molar-refractivity contribution is -0.157. The molecule has 1 unspecified atom stereocenters. The number of benzene rings is 2. The van der Waals surface area contributed by atoms with Gasteiger partial charge in [-0.1, -0.05) is 24.2 Å². The minimum atomic E-state index is -3.29. The van der Waals surface area contributed by atoms with Crippen molar-refractivity contribution in [2.24, 2.45) is 0 Å². The highest BCUT2D eigenvalue weighted by Gasteiger charge is 2.47. The molecule has 1 N–H and O–H groups in total. The van der Waals surface area contributed by atoms with Crippen LogP contribution in [-0.4, -0.2) is 53.0 Å². The zero-order chi connectivity index (χ0) is 30.3. The van der Waals surface area contributed by atoms with Gasteiger partial charge < -0.3 is 24.3 Å². The first-order chi connectivity index (χ1) is 18.9. The molecular formula is C22H19N3O4. The second kappa shape index (κ2) is 5.76. The summed E-state index contributed by atoms with van der Waals surface area (Å²) < 4.78 is 114. The molecule has 2 aromatic carbocycles. The van der Waals surface area contributed by atoms with Crippen molar-refractivity contribution in [3.63, 3.8) is 0 Å². The maximum Gasteiger partial charge on any atom is 0.245 e. The average Bonchev–Trinajstić information content (AvgIpc) is 3.57. The van der Waals surface area contributed by atoms with Crippen LogP contribution in [0.3, 0.4) is 0 Å². The number of nitrogens with zero attached hydrogens (tertiary/aromatic N) is 2. The number of nitrogens with one attached hydrogen (secondary N) is 1. The fourth-order valence-electron chi connectivity index (χ4n) is 3.63. The molecule has 146 valence electrons. The van der Waals surface area contributed by atoms with Crippen molar-refractivity contribution in [1.82, 2.24) is 14.8 Å². The van der Waals surface area contributed by atoms with Gasteiger partial charge >= 0.3 is 0 Å². The van der Waals surface area contributed by atoms with Gasteiger partial charge in [0.15, 0.2) is 11.5 Å².